The Morgan fingerprint density at radius 2 is 2.19 bits per heavy atom. The lowest BCUT2D eigenvalue weighted by Gasteiger charge is -2.21. The lowest BCUT2D eigenvalue weighted by Crippen LogP contribution is -2.22. The van der Waals surface area contributed by atoms with Crippen molar-refractivity contribution >= 4 is 5.82 Å². The first-order valence-corrected chi connectivity index (χ1v) is 7.16. The molecule has 112 valence electrons. The van der Waals surface area contributed by atoms with Crippen molar-refractivity contribution in [1.29, 1.82) is 0 Å². The maximum atomic E-state index is 13.4. The molecule has 0 aliphatic carbocycles. The fourth-order valence-corrected chi connectivity index (χ4v) is 2.19. The van der Waals surface area contributed by atoms with Gasteiger partial charge in [-0.15, -0.1) is 0 Å². The van der Waals surface area contributed by atoms with Crippen molar-refractivity contribution in [2.45, 2.75) is 26.4 Å². The highest BCUT2D eigenvalue weighted by atomic mass is 19.1. The average Bonchev–Trinajstić information content (AvgIpc) is 2.48. The van der Waals surface area contributed by atoms with Crippen LogP contribution in [0.2, 0.25) is 0 Å². The quantitative estimate of drug-likeness (QED) is 0.795. The maximum Gasteiger partial charge on any atom is 0.141 e. The summed E-state index contributed by atoms with van der Waals surface area (Å²) in [6.45, 7) is 4.31. The summed E-state index contributed by atoms with van der Waals surface area (Å²) in [6, 6.07) is 5.47. The molecule has 0 fully saturated rings. The lowest BCUT2D eigenvalue weighted by molar-refractivity contribution is 0.610. The van der Waals surface area contributed by atoms with E-state index in [9.17, 15) is 4.39 Å². The number of hydrogen-bond acceptors (Lipinski definition) is 4. The van der Waals surface area contributed by atoms with Crippen molar-refractivity contribution in [1.82, 2.24) is 15.3 Å². The summed E-state index contributed by atoms with van der Waals surface area (Å²) < 4.78 is 13.4. The molecule has 0 atom stereocenters. The van der Waals surface area contributed by atoms with Gasteiger partial charge in [0.15, 0.2) is 0 Å². The van der Waals surface area contributed by atoms with Crippen molar-refractivity contribution < 1.29 is 4.39 Å². The molecule has 2 aromatic rings. The zero-order valence-corrected chi connectivity index (χ0v) is 12.5. The maximum absolute atomic E-state index is 13.4. The molecule has 0 radical (unpaired) electrons. The smallest absolute Gasteiger partial charge is 0.141 e. The molecule has 0 spiro atoms. The number of hydrogen-bond donors (Lipinski definition) is 1. The third-order valence-corrected chi connectivity index (χ3v) is 3.16. The number of halogens is 1. The molecule has 2 heterocycles. The van der Waals surface area contributed by atoms with Gasteiger partial charge in [0.05, 0.1) is 6.20 Å². The Morgan fingerprint density at radius 3 is 2.90 bits per heavy atom. The summed E-state index contributed by atoms with van der Waals surface area (Å²) in [5.74, 6) is 0.491. The first-order chi connectivity index (χ1) is 10.2. The molecular weight excluding hydrogens is 267 g/mol. The molecule has 0 aromatic carbocycles. The minimum atomic E-state index is -0.304. The molecule has 0 aliphatic rings. The Balaban J connectivity index is 2.13. The molecule has 21 heavy (non-hydrogen) atoms. The lowest BCUT2D eigenvalue weighted by atomic mass is 10.2. The number of nitrogens with one attached hydrogen (secondary N) is 1. The van der Waals surface area contributed by atoms with E-state index in [1.54, 1.807) is 12.3 Å². The Kier molecular flexibility index (Phi) is 5.63. The van der Waals surface area contributed by atoms with E-state index in [4.69, 9.17) is 0 Å². The van der Waals surface area contributed by atoms with E-state index in [1.165, 1.54) is 6.20 Å². The first-order valence-electron chi connectivity index (χ1n) is 7.16. The molecule has 0 amide bonds. The van der Waals surface area contributed by atoms with Gasteiger partial charge in [-0.3, -0.25) is 4.98 Å². The van der Waals surface area contributed by atoms with Crippen LogP contribution in [0, 0.1) is 5.82 Å². The van der Waals surface area contributed by atoms with Gasteiger partial charge in [-0.25, -0.2) is 9.37 Å². The zero-order valence-electron chi connectivity index (χ0n) is 12.5. The van der Waals surface area contributed by atoms with E-state index in [1.807, 2.05) is 30.3 Å². The normalized spacial score (nSPS) is 10.6. The fraction of sp³-hybridized carbons (Fsp3) is 0.375. The number of nitrogens with zero attached hydrogens (tertiary/aromatic N) is 3. The van der Waals surface area contributed by atoms with Gasteiger partial charge in [-0.2, -0.15) is 0 Å². The second-order valence-corrected chi connectivity index (χ2v) is 5.03. The van der Waals surface area contributed by atoms with E-state index in [0.29, 0.717) is 13.1 Å². The van der Waals surface area contributed by atoms with Crippen LogP contribution in [0.1, 0.15) is 24.5 Å². The van der Waals surface area contributed by atoms with Gasteiger partial charge in [0.1, 0.15) is 11.6 Å². The van der Waals surface area contributed by atoms with E-state index in [-0.39, 0.29) is 5.82 Å². The molecule has 0 bridgehead atoms. The number of aromatic nitrogens is 2. The van der Waals surface area contributed by atoms with Crippen LogP contribution in [-0.4, -0.2) is 23.6 Å². The monoisotopic (exact) mass is 288 g/mol. The molecule has 5 heteroatoms. The minimum absolute atomic E-state index is 0.304. The highest BCUT2D eigenvalue weighted by molar-refractivity contribution is 5.46. The highest BCUT2D eigenvalue weighted by Gasteiger charge is 2.11. The summed E-state index contributed by atoms with van der Waals surface area (Å²) in [7, 11) is 1.95. The standard InChI is InChI=1S/C16H21FN4/c1-3-6-18-10-14-8-15(17)11-20-16(14)21(2)12-13-5-4-7-19-9-13/h4-5,7-9,11,18H,3,6,10,12H2,1-2H3. The van der Waals surface area contributed by atoms with Crippen LogP contribution in [0.5, 0.6) is 0 Å². The Morgan fingerprint density at radius 1 is 1.33 bits per heavy atom. The molecule has 4 nitrogen and oxygen atoms in total. The largest absolute Gasteiger partial charge is 0.355 e. The van der Waals surface area contributed by atoms with Crippen LogP contribution in [0.3, 0.4) is 0 Å². The van der Waals surface area contributed by atoms with Crippen LogP contribution in [0.4, 0.5) is 10.2 Å². The SMILES string of the molecule is CCCNCc1cc(F)cnc1N(C)Cc1cccnc1. The van der Waals surface area contributed by atoms with Gasteiger partial charge in [-0.05, 0) is 30.7 Å². The van der Waals surface area contributed by atoms with Crippen molar-refractivity contribution in [2.75, 3.05) is 18.5 Å². The van der Waals surface area contributed by atoms with E-state index in [0.717, 1.165) is 29.9 Å². The summed E-state index contributed by atoms with van der Waals surface area (Å²) in [5.41, 5.74) is 1.97. The summed E-state index contributed by atoms with van der Waals surface area (Å²) in [6.07, 6.45) is 5.89. The second kappa shape index (κ2) is 7.69. The Bertz CT molecular complexity index is 559. The Labute approximate surface area is 125 Å². The molecular formula is C16H21FN4. The van der Waals surface area contributed by atoms with E-state index in [2.05, 4.69) is 22.2 Å². The molecule has 0 aliphatic heterocycles. The zero-order chi connectivity index (χ0) is 15.1. The van der Waals surface area contributed by atoms with Gasteiger partial charge < -0.3 is 10.2 Å². The van der Waals surface area contributed by atoms with Gasteiger partial charge in [0.25, 0.3) is 0 Å². The van der Waals surface area contributed by atoms with Gasteiger partial charge in [0.2, 0.25) is 0 Å². The van der Waals surface area contributed by atoms with Gasteiger partial charge >= 0.3 is 0 Å². The minimum Gasteiger partial charge on any atom is -0.355 e. The van der Waals surface area contributed by atoms with Crippen molar-refractivity contribution in [3.8, 4) is 0 Å². The predicted molar refractivity (Wildman–Crippen MR) is 82.5 cm³/mol. The number of pyridine rings is 2. The second-order valence-electron chi connectivity index (χ2n) is 5.03. The molecule has 0 unspecified atom stereocenters. The molecule has 0 saturated carbocycles. The van der Waals surface area contributed by atoms with Gasteiger partial charge in [0, 0.05) is 38.1 Å². The van der Waals surface area contributed by atoms with Crippen LogP contribution in [-0.2, 0) is 13.1 Å². The number of rotatable bonds is 7. The third-order valence-electron chi connectivity index (χ3n) is 3.16. The first kappa shape index (κ1) is 15.4. The number of anilines is 1. The van der Waals surface area contributed by atoms with Crippen molar-refractivity contribution in [3.05, 3.63) is 53.7 Å². The summed E-state index contributed by atoms with van der Waals surface area (Å²) in [4.78, 5) is 10.4. The predicted octanol–water partition coefficient (Wildman–Crippen LogP) is 2.75. The molecule has 2 aromatic heterocycles. The van der Waals surface area contributed by atoms with E-state index >= 15 is 0 Å². The van der Waals surface area contributed by atoms with Crippen LogP contribution in [0.25, 0.3) is 0 Å². The van der Waals surface area contributed by atoms with Crippen LogP contribution in [0.15, 0.2) is 36.8 Å². The topological polar surface area (TPSA) is 41.1 Å². The highest BCUT2D eigenvalue weighted by Crippen LogP contribution is 2.19. The third kappa shape index (κ3) is 4.49. The van der Waals surface area contributed by atoms with Crippen molar-refractivity contribution in [3.63, 3.8) is 0 Å². The summed E-state index contributed by atoms with van der Waals surface area (Å²) >= 11 is 0. The summed E-state index contributed by atoms with van der Waals surface area (Å²) in [5, 5.41) is 3.29. The van der Waals surface area contributed by atoms with E-state index < -0.39 is 0 Å². The van der Waals surface area contributed by atoms with Crippen molar-refractivity contribution in [2.24, 2.45) is 0 Å². The molecule has 1 N–H and O–H groups in total. The fourth-order valence-electron chi connectivity index (χ4n) is 2.19. The molecule has 0 saturated heterocycles. The average molecular weight is 288 g/mol. The Hall–Kier alpha value is -2.01. The van der Waals surface area contributed by atoms with Crippen LogP contribution < -0.4 is 10.2 Å². The molecule has 2 rings (SSSR count). The van der Waals surface area contributed by atoms with Gasteiger partial charge in [-0.1, -0.05) is 13.0 Å². The van der Waals surface area contributed by atoms with Crippen LogP contribution >= 0.6 is 0 Å².